The topological polar surface area (TPSA) is 41.5 Å². The van der Waals surface area contributed by atoms with Crippen molar-refractivity contribution in [3.63, 3.8) is 0 Å². The molecule has 0 heterocycles. The van der Waals surface area contributed by atoms with E-state index in [0.717, 1.165) is 12.1 Å². The summed E-state index contributed by atoms with van der Waals surface area (Å²) in [6.07, 6.45) is 0.213. The van der Waals surface area contributed by atoms with Crippen LogP contribution in [0.2, 0.25) is 0 Å². The molecule has 0 radical (unpaired) electrons. The summed E-state index contributed by atoms with van der Waals surface area (Å²) in [5.74, 6) is 0.302. The lowest BCUT2D eigenvalue weighted by Gasteiger charge is -2.17. The summed E-state index contributed by atoms with van der Waals surface area (Å²) in [4.78, 5) is 0. The number of methoxy groups -OCH3 is 1. The molecule has 2 unspecified atom stereocenters. The van der Waals surface area contributed by atoms with Crippen molar-refractivity contribution in [3.05, 3.63) is 29.8 Å². The van der Waals surface area contributed by atoms with E-state index in [1.165, 1.54) is 0 Å². The number of hydrogen-bond acceptors (Lipinski definition) is 3. The minimum atomic E-state index is 0.213. The van der Waals surface area contributed by atoms with Crippen molar-refractivity contribution >= 4 is 0 Å². The zero-order valence-electron chi connectivity index (χ0n) is 9.53. The van der Waals surface area contributed by atoms with E-state index in [9.17, 15) is 0 Å². The SMILES string of the molecule is COC(C)CNC(C)c1ccc(O)cc1. The Labute approximate surface area is 91.1 Å². The molecule has 0 bridgehead atoms. The van der Waals surface area contributed by atoms with E-state index in [0.29, 0.717) is 5.75 Å². The maximum atomic E-state index is 9.15. The predicted molar refractivity (Wildman–Crippen MR) is 61.0 cm³/mol. The van der Waals surface area contributed by atoms with Crippen LogP contribution in [0.1, 0.15) is 25.5 Å². The van der Waals surface area contributed by atoms with Gasteiger partial charge >= 0.3 is 0 Å². The van der Waals surface area contributed by atoms with E-state index in [1.807, 2.05) is 19.1 Å². The molecular weight excluding hydrogens is 190 g/mol. The van der Waals surface area contributed by atoms with Crippen LogP contribution in [0.4, 0.5) is 0 Å². The second-order valence-electron chi connectivity index (χ2n) is 3.77. The van der Waals surface area contributed by atoms with Gasteiger partial charge in [-0.15, -0.1) is 0 Å². The molecule has 1 aromatic carbocycles. The highest BCUT2D eigenvalue weighted by atomic mass is 16.5. The molecule has 84 valence electrons. The van der Waals surface area contributed by atoms with Gasteiger partial charge in [0.25, 0.3) is 0 Å². The minimum Gasteiger partial charge on any atom is -0.508 e. The summed E-state index contributed by atoms with van der Waals surface area (Å²) in [5, 5.41) is 12.5. The molecule has 0 saturated carbocycles. The van der Waals surface area contributed by atoms with Gasteiger partial charge in [0.1, 0.15) is 5.75 Å². The monoisotopic (exact) mass is 209 g/mol. The number of aromatic hydroxyl groups is 1. The number of hydrogen-bond donors (Lipinski definition) is 2. The summed E-state index contributed by atoms with van der Waals surface area (Å²) in [6.45, 7) is 4.93. The van der Waals surface area contributed by atoms with Gasteiger partial charge in [-0.3, -0.25) is 0 Å². The fourth-order valence-corrected chi connectivity index (χ4v) is 1.31. The molecule has 3 nitrogen and oxygen atoms in total. The molecule has 0 spiro atoms. The Morgan fingerprint density at radius 1 is 1.27 bits per heavy atom. The van der Waals surface area contributed by atoms with E-state index in [1.54, 1.807) is 19.2 Å². The van der Waals surface area contributed by atoms with Crippen molar-refractivity contribution in [2.75, 3.05) is 13.7 Å². The van der Waals surface area contributed by atoms with Crippen LogP contribution in [-0.2, 0) is 4.74 Å². The molecule has 0 aliphatic carbocycles. The van der Waals surface area contributed by atoms with Crippen LogP contribution < -0.4 is 5.32 Å². The first kappa shape index (κ1) is 12.0. The predicted octanol–water partition coefficient (Wildman–Crippen LogP) is 2.08. The highest BCUT2D eigenvalue weighted by Gasteiger charge is 2.06. The van der Waals surface area contributed by atoms with Crippen molar-refractivity contribution in [1.29, 1.82) is 0 Å². The standard InChI is InChI=1S/C12H19NO2/c1-9(15-3)8-13-10(2)11-4-6-12(14)7-5-11/h4-7,9-10,13-14H,8H2,1-3H3. The zero-order valence-corrected chi connectivity index (χ0v) is 9.53. The van der Waals surface area contributed by atoms with Gasteiger partial charge in [-0.05, 0) is 31.5 Å². The molecule has 0 aliphatic heterocycles. The normalized spacial score (nSPS) is 14.9. The number of nitrogens with one attached hydrogen (secondary N) is 1. The maximum absolute atomic E-state index is 9.15. The van der Waals surface area contributed by atoms with Crippen LogP contribution in [-0.4, -0.2) is 24.9 Å². The summed E-state index contributed by atoms with van der Waals surface area (Å²) >= 11 is 0. The first-order valence-corrected chi connectivity index (χ1v) is 5.18. The third kappa shape index (κ3) is 3.90. The third-order valence-corrected chi connectivity index (χ3v) is 2.51. The molecular formula is C12H19NO2. The quantitative estimate of drug-likeness (QED) is 0.780. The van der Waals surface area contributed by atoms with Gasteiger partial charge in [0.05, 0.1) is 6.10 Å². The van der Waals surface area contributed by atoms with Gasteiger partial charge in [0.2, 0.25) is 0 Å². The van der Waals surface area contributed by atoms with Crippen molar-refractivity contribution in [2.45, 2.75) is 26.0 Å². The molecule has 3 heteroatoms. The Hall–Kier alpha value is -1.06. The van der Waals surface area contributed by atoms with Crippen LogP contribution in [0.3, 0.4) is 0 Å². The average Bonchev–Trinajstić information content (AvgIpc) is 2.26. The highest BCUT2D eigenvalue weighted by Crippen LogP contribution is 2.16. The summed E-state index contributed by atoms with van der Waals surface area (Å²) < 4.78 is 5.15. The third-order valence-electron chi connectivity index (χ3n) is 2.51. The Kier molecular flexibility index (Phi) is 4.59. The van der Waals surface area contributed by atoms with Crippen LogP contribution >= 0.6 is 0 Å². The lowest BCUT2D eigenvalue weighted by molar-refractivity contribution is 0.115. The first-order chi connectivity index (χ1) is 7.13. The average molecular weight is 209 g/mol. The van der Waals surface area contributed by atoms with Crippen molar-refractivity contribution in [1.82, 2.24) is 5.32 Å². The van der Waals surface area contributed by atoms with Crippen LogP contribution in [0.15, 0.2) is 24.3 Å². The number of phenolic OH excluding ortho intramolecular Hbond substituents is 1. The summed E-state index contributed by atoms with van der Waals surface area (Å²) in [7, 11) is 1.71. The van der Waals surface area contributed by atoms with Crippen molar-refractivity contribution < 1.29 is 9.84 Å². The molecule has 2 atom stereocenters. The van der Waals surface area contributed by atoms with Crippen LogP contribution in [0, 0.1) is 0 Å². The molecule has 2 N–H and O–H groups in total. The van der Waals surface area contributed by atoms with E-state index < -0.39 is 0 Å². The molecule has 0 amide bonds. The van der Waals surface area contributed by atoms with Crippen LogP contribution in [0.25, 0.3) is 0 Å². The number of rotatable bonds is 5. The second-order valence-corrected chi connectivity index (χ2v) is 3.77. The Morgan fingerprint density at radius 2 is 1.87 bits per heavy atom. The van der Waals surface area contributed by atoms with E-state index in [4.69, 9.17) is 9.84 Å². The number of phenols is 1. The molecule has 1 aromatic rings. The van der Waals surface area contributed by atoms with E-state index in [2.05, 4.69) is 12.2 Å². The molecule has 0 fully saturated rings. The largest absolute Gasteiger partial charge is 0.508 e. The molecule has 0 aromatic heterocycles. The molecule has 0 saturated heterocycles. The van der Waals surface area contributed by atoms with E-state index in [-0.39, 0.29) is 12.1 Å². The van der Waals surface area contributed by atoms with E-state index >= 15 is 0 Å². The fourth-order valence-electron chi connectivity index (χ4n) is 1.31. The van der Waals surface area contributed by atoms with Gasteiger partial charge in [-0.2, -0.15) is 0 Å². The molecule has 0 aliphatic rings. The minimum absolute atomic E-state index is 0.213. The second kappa shape index (κ2) is 5.73. The highest BCUT2D eigenvalue weighted by molar-refractivity contribution is 5.27. The molecule has 1 rings (SSSR count). The summed E-state index contributed by atoms with van der Waals surface area (Å²) in [5.41, 5.74) is 1.16. The zero-order chi connectivity index (χ0) is 11.3. The van der Waals surface area contributed by atoms with Gasteiger partial charge in [0.15, 0.2) is 0 Å². The van der Waals surface area contributed by atoms with Crippen molar-refractivity contribution in [3.8, 4) is 5.75 Å². The van der Waals surface area contributed by atoms with Crippen LogP contribution in [0.5, 0.6) is 5.75 Å². The van der Waals surface area contributed by atoms with Gasteiger partial charge in [0, 0.05) is 19.7 Å². The fraction of sp³-hybridized carbons (Fsp3) is 0.500. The lowest BCUT2D eigenvalue weighted by Crippen LogP contribution is -2.28. The Morgan fingerprint density at radius 3 is 2.40 bits per heavy atom. The number of ether oxygens (including phenoxy) is 1. The maximum Gasteiger partial charge on any atom is 0.115 e. The molecule has 15 heavy (non-hydrogen) atoms. The summed E-state index contributed by atoms with van der Waals surface area (Å²) in [6, 6.07) is 7.51. The van der Waals surface area contributed by atoms with Gasteiger partial charge in [-0.1, -0.05) is 12.1 Å². The van der Waals surface area contributed by atoms with Gasteiger partial charge in [-0.25, -0.2) is 0 Å². The Balaban J connectivity index is 2.46. The van der Waals surface area contributed by atoms with Crippen molar-refractivity contribution in [2.24, 2.45) is 0 Å². The number of benzene rings is 1. The van der Waals surface area contributed by atoms with Gasteiger partial charge < -0.3 is 15.2 Å². The first-order valence-electron chi connectivity index (χ1n) is 5.18. The Bertz CT molecular complexity index is 284. The lowest BCUT2D eigenvalue weighted by atomic mass is 10.1. The smallest absolute Gasteiger partial charge is 0.115 e.